The lowest BCUT2D eigenvalue weighted by atomic mass is 9.97. The first-order valence-corrected chi connectivity index (χ1v) is 12.9. The van der Waals surface area contributed by atoms with Gasteiger partial charge in [-0.1, -0.05) is 49.6 Å². The quantitative estimate of drug-likeness (QED) is 0.591. The highest BCUT2D eigenvalue weighted by atomic mass is 32.2. The van der Waals surface area contributed by atoms with Gasteiger partial charge in [0, 0.05) is 20.0 Å². The molecule has 1 unspecified atom stereocenters. The first-order valence-electron chi connectivity index (χ1n) is 11.3. The molecule has 174 valence electrons. The van der Waals surface area contributed by atoms with Gasteiger partial charge in [0.15, 0.2) is 9.84 Å². The van der Waals surface area contributed by atoms with Crippen LogP contribution in [-0.2, 0) is 21.1 Å². The second kappa shape index (κ2) is 9.94. The summed E-state index contributed by atoms with van der Waals surface area (Å²) in [7, 11) is -3.94. The predicted molar refractivity (Wildman–Crippen MR) is 126 cm³/mol. The van der Waals surface area contributed by atoms with E-state index in [-0.39, 0.29) is 28.7 Å². The van der Waals surface area contributed by atoms with Gasteiger partial charge in [0.1, 0.15) is 16.4 Å². The molecule has 0 radical (unpaired) electrons. The van der Waals surface area contributed by atoms with Crippen LogP contribution in [0.5, 0.6) is 11.5 Å². The van der Waals surface area contributed by atoms with E-state index in [1.165, 1.54) is 13.0 Å². The van der Waals surface area contributed by atoms with Gasteiger partial charge in [-0.2, -0.15) is 0 Å². The van der Waals surface area contributed by atoms with Crippen molar-refractivity contribution >= 4 is 15.7 Å². The molecule has 0 saturated carbocycles. The molecule has 1 saturated heterocycles. The van der Waals surface area contributed by atoms with Gasteiger partial charge < -0.3 is 15.1 Å². The summed E-state index contributed by atoms with van der Waals surface area (Å²) in [6.45, 7) is 6.06. The van der Waals surface area contributed by atoms with Gasteiger partial charge in [0.2, 0.25) is 5.91 Å². The number of carbonyl (C=O) groups excluding carboxylic acids is 1. The number of carbonyl (C=O) groups is 1. The van der Waals surface area contributed by atoms with Crippen LogP contribution in [0.1, 0.15) is 57.1 Å². The highest BCUT2D eigenvalue weighted by Gasteiger charge is 2.37. The fraction of sp³-hybridized carbons (Fsp3) is 0.480. The molecule has 32 heavy (non-hydrogen) atoms. The van der Waals surface area contributed by atoms with Crippen LogP contribution in [0.15, 0.2) is 35.2 Å². The number of sulfone groups is 1. The lowest BCUT2D eigenvalue weighted by molar-refractivity contribution is -0.129. The number of piperidine rings is 1. The maximum absolute atomic E-state index is 13.8. The molecule has 1 fully saturated rings. The lowest BCUT2D eigenvalue weighted by Crippen LogP contribution is -2.44. The van der Waals surface area contributed by atoms with Crippen molar-refractivity contribution < 1.29 is 23.4 Å². The van der Waals surface area contributed by atoms with E-state index in [0.29, 0.717) is 36.9 Å². The molecule has 0 bridgehead atoms. The maximum atomic E-state index is 13.8. The van der Waals surface area contributed by atoms with Gasteiger partial charge >= 0.3 is 0 Å². The van der Waals surface area contributed by atoms with Crippen molar-refractivity contribution in [3.8, 4) is 22.6 Å². The largest absolute Gasteiger partial charge is 0.507 e. The van der Waals surface area contributed by atoms with Gasteiger partial charge in [0.25, 0.3) is 0 Å². The van der Waals surface area contributed by atoms with Crippen LogP contribution < -0.4 is 0 Å². The summed E-state index contributed by atoms with van der Waals surface area (Å²) >= 11 is 0. The molecule has 1 atom stereocenters. The summed E-state index contributed by atoms with van der Waals surface area (Å²) in [4.78, 5) is 13.3. The first-order chi connectivity index (χ1) is 15.2. The van der Waals surface area contributed by atoms with E-state index < -0.39 is 20.8 Å². The Morgan fingerprint density at radius 3 is 2.59 bits per heavy atom. The standard InChI is InChI=1S/C25H33NO5S/c1-4-5-6-10-20-15-22(28)23(19-11-7-9-17(2)14-19)24(29)25(20)32(30,31)21-12-8-13-26(16-21)18(3)27/h7,9,11,14-15,21,28-29H,4-6,8,10,12-13,16H2,1-3H3. The maximum Gasteiger partial charge on any atom is 0.219 e. The Kier molecular flexibility index (Phi) is 7.49. The average molecular weight is 460 g/mol. The van der Waals surface area contributed by atoms with E-state index in [4.69, 9.17) is 0 Å². The minimum absolute atomic E-state index is 0.0988. The van der Waals surface area contributed by atoms with E-state index in [9.17, 15) is 23.4 Å². The molecule has 6 nitrogen and oxygen atoms in total. The predicted octanol–water partition coefficient (Wildman–Crippen LogP) is 4.59. The number of phenols is 2. The zero-order valence-electron chi connectivity index (χ0n) is 19.1. The zero-order chi connectivity index (χ0) is 23.5. The second-order valence-corrected chi connectivity index (χ2v) is 10.9. The van der Waals surface area contributed by atoms with Crippen LogP contribution in [0.4, 0.5) is 0 Å². The first kappa shape index (κ1) is 24.1. The number of aryl methyl sites for hydroxylation is 2. The third kappa shape index (κ3) is 4.93. The van der Waals surface area contributed by atoms with Crippen molar-refractivity contribution in [2.24, 2.45) is 0 Å². The van der Waals surface area contributed by atoms with Crippen molar-refractivity contribution in [1.29, 1.82) is 0 Å². The molecule has 0 aromatic heterocycles. The summed E-state index contributed by atoms with van der Waals surface area (Å²) in [5.74, 6) is -0.682. The Hall–Kier alpha value is -2.54. The minimum Gasteiger partial charge on any atom is -0.507 e. The van der Waals surface area contributed by atoms with Crippen LogP contribution in [-0.4, -0.2) is 47.8 Å². The number of benzene rings is 2. The molecule has 2 N–H and O–H groups in total. The number of phenolic OH excluding ortho intramolecular Hbond substituents is 2. The van der Waals surface area contributed by atoms with Crippen LogP contribution in [0.3, 0.4) is 0 Å². The smallest absolute Gasteiger partial charge is 0.219 e. The van der Waals surface area contributed by atoms with E-state index in [2.05, 4.69) is 6.92 Å². The molecule has 2 aromatic rings. The third-order valence-electron chi connectivity index (χ3n) is 6.21. The SMILES string of the molecule is CCCCCc1cc(O)c(-c2cccc(C)c2)c(O)c1S(=O)(=O)C1CCCN(C(C)=O)C1. The van der Waals surface area contributed by atoms with E-state index in [1.807, 2.05) is 13.0 Å². The van der Waals surface area contributed by atoms with E-state index in [0.717, 1.165) is 24.8 Å². The molecular weight excluding hydrogens is 426 g/mol. The van der Waals surface area contributed by atoms with E-state index >= 15 is 0 Å². The fourth-order valence-corrected chi connectivity index (χ4v) is 6.57. The van der Waals surface area contributed by atoms with Crippen LogP contribution in [0, 0.1) is 6.92 Å². The van der Waals surface area contributed by atoms with Crippen molar-refractivity contribution in [3.05, 3.63) is 41.5 Å². The molecule has 1 aliphatic heterocycles. The summed E-state index contributed by atoms with van der Waals surface area (Å²) < 4.78 is 27.6. The number of nitrogens with zero attached hydrogens (tertiary/aromatic N) is 1. The molecule has 1 heterocycles. The Morgan fingerprint density at radius 1 is 1.19 bits per heavy atom. The third-order valence-corrected chi connectivity index (χ3v) is 8.50. The monoisotopic (exact) mass is 459 g/mol. The number of rotatable bonds is 7. The Morgan fingerprint density at radius 2 is 1.94 bits per heavy atom. The van der Waals surface area contributed by atoms with Crippen LogP contribution in [0.25, 0.3) is 11.1 Å². The Bertz CT molecular complexity index is 1090. The number of likely N-dealkylation sites (tertiary alicyclic amines) is 1. The fourth-order valence-electron chi connectivity index (χ4n) is 4.49. The zero-order valence-corrected chi connectivity index (χ0v) is 19.9. The van der Waals surface area contributed by atoms with Crippen LogP contribution >= 0.6 is 0 Å². The van der Waals surface area contributed by atoms with Gasteiger partial charge in [-0.3, -0.25) is 4.79 Å². The number of unbranched alkanes of at least 4 members (excludes halogenated alkanes) is 2. The molecule has 1 amide bonds. The lowest BCUT2D eigenvalue weighted by Gasteiger charge is -2.32. The van der Waals surface area contributed by atoms with Gasteiger partial charge in [-0.05, 0) is 49.8 Å². The van der Waals surface area contributed by atoms with Crippen LogP contribution in [0.2, 0.25) is 0 Å². The molecule has 0 spiro atoms. The summed E-state index contributed by atoms with van der Waals surface area (Å²) in [5, 5.41) is 21.3. The number of amides is 1. The van der Waals surface area contributed by atoms with Crippen molar-refractivity contribution in [3.63, 3.8) is 0 Å². The molecule has 7 heteroatoms. The molecule has 2 aromatic carbocycles. The average Bonchev–Trinajstić information content (AvgIpc) is 2.73. The van der Waals surface area contributed by atoms with Crippen molar-refractivity contribution in [1.82, 2.24) is 4.90 Å². The highest BCUT2D eigenvalue weighted by molar-refractivity contribution is 7.92. The molecule has 1 aliphatic rings. The number of aromatic hydroxyl groups is 2. The van der Waals surface area contributed by atoms with Gasteiger partial charge in [0.05, 0.1) is 10.8 Å². The normalized spacial score (nSPS) is 16.8. The van der Waals surface area contributed by atoms with E-state index in [1.54, 1.807) is 23.1 Å². The Balaban J connectivity index is 2.16. The van der Waals surface area contributed by atoms with Gasteiger partial charge in [-0.25, -0.2) is 8.42 Å². The molecule has 3 rings (SSSR count). The summed E-state index contributed by atoms with van der Waals surface area (Å²) in [6.07, 6.45) is 4.12. The number of hydrogen-bond donors (Lipinski definition) is 2. The number of hydrogen-bond acceptors (Lipinski definition) is 5. The summed E-state index contributed by atoms with van der Waals surface area (Å²) in [6, 6.07) is 8.74. The topological polar surface area (TPSA) is 94.9 Å². The second-order valence-electron chi connectivity index (χ2n) is 8.71. The Labute approximate surface area is 190 Å². The van der Waals surface area contributed by atoms with Crippen molar-refractivity contribution in [2.45, 2.75) is 69.4 Å². The van der Waals surface area contributed by atoms with Gasteiger partial charge in [-0.15, -0.1) is 0 Å². The summed E-state index contributed by atoms with van der Waals surface area (Å²) in [5.41, 5.74) is 2.06. The molecule has 0 aliphatic carbocycles. The highest BCUT2D eigenvalue weighted by Crippen LogP contribution is 2.45. The van der Waals surface area contributed by atoms with Crippen molar-refractivity contribution in [2.75, 3.05) is 13.1 Å². The molecular formula is C25H33NO5S. The minimum atomic E-state index is -3.94.